The highest BCUT2D eigenvalue weighted by Gasteiger charge is 2.31. The number of nitrogens with one attached hydrogen (secondary N) is 1. The normalized spacial score (nSPS) is 11.5. The number of thiazole rings is 1. The minimum Gasteiger partial charge on any atom is -0.394 e. The van der Waals surface area contributed by atoms with Crippen LogP contribution in [-0.2, 0) is 0 Å². The van der Waals surface area contributed by atoms with Gasteiger partial charge in [0, 0.05) is 0 Å². The number of aryl methyl sites for hydroxylation is 1. The van der Waals surface area contributed by atoms with Crippen molar-refractivity contribution in [3.05, 3.63) is 16.1 Å². The van der Waals surface area contributed by atoms with Gasteiger partial charge in [-0.05, 0) is 6.92 Å². The van der Waals surface area contributed by atoms with E-state index in [-0.39, 0.29) is 0 Å². The van der Waals surface area contributed by atoms with Crippen molar-refractivity contribution in [1.82, 2.24) is 10.3 Å². The first-order chi connectivity index (χ1) is 7.58. The van der Waals surface area contributed by atoms with Crippen LogP contribution in [0.15, 0.2) is 5.51 Å². The first kappa shape index (κ1) is 13.0. The van der Waals surface area contributed by atoms with Gasteiger partial charge in [-0.1, -0.05) is 0 Å². The Kier molecular flexibility index (Phi) is 4.36. The molecule has 0 radical (unpaired) electrons. The number of carbonyl (C=O) groups is 1. The Morgan fingerprint density at radius 3 is 2.38 bits per heavy atom. The number of amides is 1. The summed E-state index contributed by atoms with van der Waals surface area (Å²) in [5.74, 6) is -0.461. The lowest BCUT2D eigenvalue weighted by Crippen LogP contribution is -2.57. The van der Waals surface area contributed by atoms with E-state index in [4.69, 9.17) is 15.3 Å². The Hall–Kier alpha value is -1.02. The summed E-state index contributed by atoms with van der Waals surface area (Å²) in [4.78, 5) is 16.1. The molecule has 1 rings (SSSR count). The summed E-state index contributed by atoms with van der Waals surface area (Å²) in [6.45, 7) is 0.0701. The van der Waals surface area contributed by atoms with Gasteiger partial charge >= 0.3 is 0 Å². The SMILES string of the molecule is Cc1ncsc1C(=O)NC(CO)(CO)CO. The van der Waals surface area contributed by atoms with Gasteiger partial charge in [0.05, 0.1) is 31.0 Å². The molecule has 6 nitrogen and oxygen atoms in total. The van der Waals surface area contributed by atoms with E-state index in [9.17, 15) is 4.79 Å². The number of hydrogen-bond donors (Lipinski definition) is 4. The second kappa shape index (κ2) is 5.35. The molecule has 0 saturated carbocycles. The molecule has 1 aromatic heterocycles. The van der Waals surface area contributed by atoms with Crippen molar-refractivity contribution in [2.24, 2.45) is 0 Å². The van der Waals surface area contributed by atoms with E-state index in [0.717, 1.165) is 11.3 Å². The minimum absolute atomic E-state index is 0.403. The highest BCUT2D eigenvalue weighted by molar-refractivity contribution is 7.11. The number of rotatable bonds is 5. The van der Waals surface area contributed by atoms with E-state index in [1.54, 1.807) is 6.92 Å². The molecule has 16 heavy (non-hydrogen) atoms. The number of aliphatic hydroxyl groups excluding tert-OH is 3. The molecule has 1 heterocycles. The Balaban J connectivity index is 2.81. The van der Waals surface area contributed by atoms with Crippen LogP contribution in [0.5, 0.6) is 0 Å². The third-order valence-electron chi connectivity index (χ3n) is 2.24. The number of carbonyl (C=O) groups excluding carboxylic acids is 1. The first-order valence-electron chi connectivity index (χ1n) is 4.64. The first-order valence-corrected chi connectivity index (χ1v) is 5.51. The molecule has 0 aliphatic rings. The van der Waals surface area contributed by atoms with Gasteiger partial charge in [0.2, 0.25) is 0 Å². The van der Waals surface area contributed by atoms with E-state index in [0.29, 0.717) is 10.6 Å². The summed E-state index contributed by atoms with van der Waals surface area (Å²) in [5.41, 5.74) is 0.709. The second-order valence-corrected chi connectivity index (χ2v) is 4.33. The van der Waals surface area contributed by atoms with Crippen LogP contribution in [-0.4, -0.2) is 51.6 Å². The number of nitrogens with zero attached hydrogens (tertiary/aromatic N) is 1. The van der Waals surface area contributed by atoms with Crippen molar-refractivity contribution in [3.8, 4) is 0 Å². The van der Waals surface area contributed by atoms with Gasteiger partial charge in [-0.25, -0.2) is 4.98 Å². The van der Waals surface area contributed by atoms with Gasteiger partial charge in [-0.15, -0.1) is 11.3 Å². The molecule has 0 unspecified atom stereocenters. The average molecular weight is 246 g/mol. The van der Waals surface area contributed by atoms with Crippen LogP contribution in [0.2, 0.25) is 0 Å². The van der Waals surface area contributed by atoms with Gasteiger partial charge < -0.3 is 20.6 Å². The molecule has 0 aliphatic carbocycles. The lowest BCUT2D eigenvalue weighted by Gasteiger charge is -2.28. The van der Waals surface area contributed by atoms with E-state index in [1.165, 1.54) is 5.51 Å². The van der Waals surface area contributed by atoms with Crippen LogP contribution in [0.1, 0.15) is 15.4 Å². The zero-order valence-electron chi connectivity index (χ0n) is 8.80. The summed E-state index contributed by atoms with van der Waals surface area (Å²) in [6, 6.07) is 0. The highest BCUT2D eigenvalue weighted by Crippen LogP contribution is 2.13. The Bertz CT molecular complexity index is 354. The largest absolute Gasteiger partial charge is 0.394 e. The fraction of sp³-hybridized carbons (Fsp3) is 0.556. The summed E-state index contributed by atoms with van der Waals surface area (Å²) in [6.07, 6.45) is 0. The summed E-state index contributed by atoms with van der Waals surface area (Å²) >= 11 is 1.16. The third-order valence-corrected chi connectivity index (χ3v) is 3.17. The maximum Gasteiger partial charge on any atom is 0.263 e. The van der Waals surface area contributed by atoms with E-state index >= 15 is 0 Å². The maximum absolute atomic E-state index is 11.7. The van der Waals surface area contributed by atoms with Crippen LogP contribution >= 0.6 is 11.3 Å². The van der Waals surface area contributed by atoms with Crippen molar-refractivity contribution < 1.29 is 20.1 Å². The van der Waals surface area contributed by atoms with Gasteiger partial charge in [0.25, 0.3) is 5.91 Å². The Morgan fingerprint density at radius 2 is 2.00 bits per heavy atom. The lowest BCUT2D eigenvalue weighted by molar-refractivity contribution is 0.0377. The molecule has 4 N–H and O–H groups in total. The van der Waals surface area contributed by atoms with Gasteiger partial charge in [-0.2, -0.15) is 0 Å². The Labute approximate surface area is 96.6 Å². The standard InChI is InChI=1S/C9H14N2O4S/c1-6-7(16-5-10-6)8(15)11-9(2-12,3-13)4-14/h5,12-14H,2-4H2,1H3,(H,11,15). The number of aliphatic hydroxyl groups is 3. The van der Waals surface area contributed by atoms with E-state index in [2.05, 4.69) is 10.3 Å². The average Bonchev–Trinajstić information content (AvgIpc) is 2.72. The zero-order valence-corrected chi connectivity index (χ0v) is 9.62. The van der Waals surface area contributed by atoms with E-state index in [1.807, 2.05) is 0 Å². The molecule has 90 valence electrons. The fourth-order valence-corrected chi connectivity index (χ4v) is 1.78. The molecular weight excluding hydrogens is 232 g/mol. The quantitative estimate of drug-likeness (QED) is 0.528. The molecule has 0 aliphatic heterocycles. The summed E-state index contributed by atoms with van der Waals surface area (Å²) in [5, 5.41) is 29.5. The molecule has 0 spiro atoms. The number of aromatic nitrogens is 1. The highest BCUT2D eigenvalue weighted by atomic mass is 32.1. The molecule has 0 fully saturated rings. The van der Waals surface area contributed by atoms with Crippen LogP contribution in [0.4, 0.5) is 0 Å². The van der Waals surface area contributed by atoms with Crippen LogP contribution in [0.25, 0.3) is 0 Å². The molecule has 0 atom stereocenters. The molecular formula is C9H14N2O4S. The minimum atomic E-state index is -1.40. The van der Waals surface area contributed by atoms with Crippen molar-refractivity contribution in [3.63, 3.8) is 0 Å². The lowest BCUT2D eigenvalue weighted by atomic mass is 10.0. The molecule has 1 amide bonds. The number of hydrogen-bond acceptors (Lipinski definition) is 6. The second-order valence-electron chi connectivity index (χ2n) is 3.48. The molecule has 0 bridgehead atoms. The van der Waals surface area contributed by atoms with Gasteiger partial charge in [-0.3, -0.25) is 4.79 Å². The fourth-order valence-electron chi connectivity index (χ4n) is 1.09. The smallest absolute Gasteiger partial charge is 0.263 e. The van der Waals surface area contributed by atoms with Crippen LogP contribution in [0.3, 0.4) is 0 Å². The van der Waals surface area contributed by atoms with Crippen LogP contribution < -0.4 is 5.32 Å². The van der Waals surface area contributed by atoms with Crippen molar-refractivity contribution in [2.75, 3.05) is 19.8 Å². The van der Waals surface area contributed by atoms with Gasteiger partial charge in [0.15, 0.2) is 0 Å². The third kappa shape index (κ3) is 2.56. The van der Waals surface area contributed by atoms with Gasteiger partial charge in [0.1, 0.15) is 10.4 Å². The molecule has 0 aromatic carbocycles. The molecule has 7 heteroatoms. The molecule has 1 aromatic rings. The van der Waals surface area contributed by atoms with Crippen molar-refractivity contribution in [2.45, 2.75) is 12.5 Å². The monoisotopic (exact) mass is 246 g/mol. The topological polar surface area (TPSA) is 103 Å². The predicted octanol–water partition coefficient (Wildman–Crippen LogP) is -1.10. The summed E-state index contributed by atoms with van der Waals surface area (Å²) < 4.78 is 0. The van der Waals surface area contributed by atoms with E-state index < -0.39 is 31.3 Å². The maximum atomic E-state index is 11.7. The van der Waals surface area contributed by atoms with Crippen LogP contribution in [0, 0.1) is 6.92 Å². The van der Waals surface area contributed by atoms with Crippen molar-refractivity contribution >= 4 is 17.2 Å². The summed E-state index contributed by atoms with van der Waals surface area (Å²) in [7, 11) is 0. The Morgan fingerprint density at radius 1 is 1.44 bits per heavy atom. The zero-order chi connectivity index (χ0) is 12.2. The van der Waals surface area contributed by atoms with Crippen molar-refractivity contribution in [1.29, 1.82) is 0 Å². The molecule has 0 saturated heterocycles. The predicted molar refractivity (Wildman–Crippen MR) is 58.3 cm³/mol.